The molecule has 3 heterocycles. The number of fused-ring (bicyclic) bond motifs is 1. The van der Waals surface area contributed by atoms with Crippen molar-refractivity contribution in [2.45, 2.75) is 70.0 Å². The third-order valence-electron chi connectivity index (χ3n) is 6.28. The van der Waals surface area contributed by atoms with E-state index in [1.807, 2.05) is 13.0 Å². The SMILES string of the molecule is CCCS(=O)(=O)NC1CCC(Nc2cc(=NC3CC3)n3ncc(=Cc4[nH]c(=O)[nH]c4O)c3n2)CC1. The van der Waals surface area contributed by atoms with Crippen LogP contribution in [0.5, 0.6) is 5.88 Å². The summed E-state index contributed by atoms with van der Waals surface area (Å²) < 4.78 is 28.7. The molecule has 3 aromatic heterocycles. The molecule has 3 aromatic rings. The zero-order valence-electron chi connectivity index (χ0n) is 19.5. The Morgan fingerprint density at radius 3 is 2.60 bits per heavy atom. The number of H-pyrrole nitrogens is 2. The smallest absolute Gasteiger partial charge is 0.326 e. The van der Waals surface area contributed by atoms with Crippen LogP contribution >= 0.6 is 0 Å². The summed E-state index contributed by atoms with van der Waals surface area (Å²) in [6, 6.07) is 2.29. The van der Waals surface area contributed by atoms with E-state index in [4.69, 9.17) is 9.98 Å². The molecule has 35 heavy (non-hydrogen) atoms. The molecular weight excluding hydrogens is 472 g/mol. The lowest BCUT2D eigenvalue weighted by atomic mass is 9.92. The molecule has 2 fully saturated rings. The topological polar surface area (TPSA) is 170 Å². The Labute approximate surface area is 201 Å². The van der Waals surface area contributed by atoms with Crippen molar-refractivity contribution in [3.63, 3.8) is 0 Å². The molecule has 2 saturated carbocycles. The number of aromatic nitrogens is 5. The van der Waals surface area contributed by atoms with Crippen LogP contribution in [0.25, 0.3) is 11.7 Å². The van der Waals surface area contributed by atoms with Gasteiger partial charge in [-0.15, -0.1) is 0 Å². The van der Waals surface area contributed by atoms with Crippen LogP contribution in [-0.2, 0) is 10.0 Å². The minimum atomic E-state index is -3.22. The highest BCUT2D eigenvalue weighted by Crippen LogP contribution is 2.24. The standard InChI is InChI=1S/C22H30N8O4S/c1-2-9-35(33,34)29-16-7-5-14(6-8-16)24-18-11-19(25-15-3-4-15)30-20(27-18)13(12-23-30)10-17-21(31)28-22(32)26-17/h10-12,14-16,24,29,31H,2-9H2,1H3,(H2,26,28,32). The molecule has 0 amide bonds. The highest BCUT2D eigenvalue weighted by molar-refractivity contribution is 7.89. The van der Waals surface area contributed by atoms with E-state index in [-0.39, 0.29) is 35.5 Å². The van der Waals surface area contributed by atoms with Gasteiger partial charge in [0.25, 0.3) is 0 Å². The Morgan fingerprint density at radius 1 is 1.20 bits per heavy atom. The maximum Gasteiger partial charge on any atom is 0.326 e. The van der Waals surface area contributed by atoms with Crippen molar-refractivity contribution >= 4 is 27.6 Å². The van der Waals surface area contributed by atoms with E-state index >= 15 is 0 Å². The van der Waals surface area contributed by atoms with Crippen LogP contribution < -0.4 is 26.4 Å². The number of aromatic amines is 2. The van der Waals surface area contributed by atoms with Crippen LogP contribution in [0.2, 0.25) is 0 Å². The normalized spacial score (nSPS) is 22.2. The minimum absolute atomic E-state index is 0.0346. The van der Waals surface area contributed by atoms with Crippen LogP contribution in [0.3, 0.4) is 0 Å². The van der Waals surface area contributed by atoms with Crippen LogP contribution in [0.15, 0.2) is 22.1 Å². The molecule has 2 aliphatic carbocycles. The van der Waals surface area contributed by atoms with E-state index < -0.39 is 15.7 Å². The molecule has 5 N–H and O–H groups in total. The molecule has 12 nitrogen and oxygen atoms in total. The minimum Gasteiger partial charge on any atom is -0.493 e. The third-order valence-corrected chi connectivity index (χ3v) is 7.91. The molecule has 0 bridgehead atoms. The second-order valence-electron chi connectivity index (χ2n) is 9.31. The number of rotatable bonds is 8. The molecule has 0 aliphatic heterocycles. The summed E-state index contributed by atoms with van der Waals surface area (Å²) in [4.78, 5) is 25.9. The number of hydrogen-bond donors (Lipinski definition) is 5. The quantitative estimate of drug-likeness (QED) is 0.291. The fourth-order valence-electron chi connectivity index (χ4n) is 4.42. The number of anilines is 1. The van der Waals surface area contributed by atoms with E-state index in [9.17, 15) is 18.3 Å². The number of hydrogen-bond acceptors (Lipinski definition) is 8. The lowest BCUT2D eigenvalue weighted by molar-refractivity contribution is 0.387. The summed E-state index contributed by atoms with van der Waals surface area (Å²) in [7, 11) is -3.22. The van der Waals surface area contributed by atoms with Gasteiger partial charge in [0.15, 0.2) is 11.1 Å². The Kier molecular flexibility index (Phi) is 6.36. The second-order valence-corrected chi connectivity index (χ2v) is 11.2. The highest BCUT2D eigenvalue weighted by atomic mass is 32.2. The molecule has 0 aromatic carbocycles. The van der Waals surface area contributed by atoms with Gasteiger partial charge >= 0.3 is 5.69 Å². The number of aromatic hydroxyl groups is 1. The van der Waals surface area contributed by atoms with Gasteiger partial charge in [0.1, 0.15) is 11.5 Å². The fraction of sp³-hybridized carbons (Fsp3) is 0.545. The van der Waals surface area contributed by atoms with Crippen LogP contribution in [0.4, 0.5) is 5.82 Å². The average molecular weight is 503 g/mol. The number of sulfonamides is 1. The van der Waals surface area contributed by atoms with E-state index in [0.717, 1.165) is 38.5 Å². The Morgan fingerprint density at radius 2 is 1.94 bits per heavy atom. The van der Waals surface area contributed by atoms with Crippen molar-refractivity contribution < 1.29 is 13.5 Å². The predicted octanol–water partition coefficient (Wildman–Crippen LogP) is 0.115. The van der Waals surface area contributed by atoms with E-state index in [1.54, 1.807) is 16.8 Å². The average Bonchev–Trinajstić information content (AvgIpc) is 3.43. The van der Waals surface area contributed by atoms with Gasteiger partial charge < -0.3 is 15.4 Å². The molecular formula is C22H30N8O4S. The zero-order chi connectivity index (χ0) is 24.6. The predicted molar refractivity (Wildman–Crippen MR) is 130 cm³/mol. The van der Waals surface area contributed by atoms with Crippen LogP contribution in [0, 0.1) is 0 Å². The molecule has 0 radical (unpaired) electrons. The summed E-state index contributed by atoms with van der Waals surface area (Å²) in [6.45, 7) is 1.86. The molecule has 188 valence electrons. The van der Waals surface area contributed by atoms with Crippen LogP contribution in [0.1, 0.15) is 57.6 Å². The monoisotopic (exact) mass is 502 g/mol. The van der Waals surface area contributed by atoms with Gasteiger partial charge in [-0.25, -0.2) is 22.9 Å². The molecule has 0 atom stereocenters. The van der Waals surface area contributed by atoms with Crippen molar-refractivity contribution in [2.75, 3.05) is 11.1 Å². The van der Waals surface area contributed by atoms with E-state index in [1.165, 1.54) is 0 Å². The first-order valence-corrected chi connectivity index (χ1v) is 13.7. The molecule has 0 spiro atoms. The first-order chi connectivity index (χ1) is 16.8. The third kappa shape index (κ3) is 5.56. The van der Waals surface area contributed by atoms with Gasteiger partial charge in [-0.3, -0.25) is 9.98 Å². The van der Waals surface area contributed by atoms with Gasteiger partial charge in [0, 0.05) is 23.4 Å². The summed E-state index contributed by atoms with van der Waals surface area (Å²) in [5, 5.41) is 18.5. The Balaban J connectivity index is 1.40. The second kappa shape index (κ2) is 9.46. The lowest BCUT2D eigenvalue weighted by Gasteiger charge is -2.29. The van der Waals surface area contributed by atoms with Crippen molar-refractivity contribution in [2.24, 2.45) is 4.99 Å². The summed E-state index contributed by atoms with van der Waals surface area (Å²) >= 11 is 0. The van der Waals surface area contributed by atoms with Gasteiger partial charge in [0.05, 0.1) is 18.0 Å². The number of imidazole rings is 1. The van der Waals surface area contributed by atoms with E-state index in [0.29, 0.717) is 28.6 Å². The van der Waals surface area contributed by atoms with Gasteiger partial charge in [0.2, 0.25) is 15.9 Å². The number of nitrogens with zero attached hydrogens (tertiary/aromatic N) is 4. The molecule has 0 unspecified atom stereocenters. The number of nitrogens with one attached hydrogen (secondary N) is 4. The van der Waals surface area contributed by atoms with Crippen molar-refractivity contribution in [3.05, 3.63) is 39.1 Å². The summed E-state index contributed by atoms with van der Waals surface area (Å²) in [5.74, 6) is 0.563. The fourth-order valence-corrected chi connectivity index (χ4v) is 5.82. The first kappa shape index (κ1) is 23.5. The van der Waals surface area contributed by atoms with Gasteiger partial charge in [-0.1, -0.05) is 6.92 Å². The molecule has 13 heteroatoms. The van der Waals surface area contributed by atoms with Crippen molar-refractivity contribution in [3.8, 4) is 5.88 Å². The van der Waals surface area contributed by atoms with E-state index in [2.05, 4.69) is 25.1 Å². The summed E-state index contributed by atoms with van der Waals surface area (Å²) in [5.41, 5.74) is 0.983. The van der Waals surface area contributed by atoms with Gasteiger partial charge in [-0.2, -0.15) is 9.61 Å². The highest BCUT2D eigenvalue weighted by Gasteiger charge is 2.25. The van der Waals surface area contributed by atoms with Crippen molar-refractivity contribution in [1.29, 1.82) is 0 Å². The maximum atomic E-state index is 12.1. The zero-order valence-corrected chi connectivity index (χ0v) is 20.3. The first-order valence-electron chi connectivity index (χ1n) is 12.0. The molecule has 0 saturated heterocycles. The maximum absolute atomic E-state index is 12.1. The Bertz CT molecular complexity index is 1490. The Hall–Kier alpha value is -3.19. The lowest BCUT2D eigenvalue weighted by Crippen LogP contribution is -2.41. The van der Waals surface area contributed by atoms with Crippen LogP contribution in [-0.4, -0.2) is 62.0 Å². The largest absolute Gasteiger partial charge is 0.493 e. The molecule has 5 rings (SSSR count). The summed E-state index contributed by atoms with van der Waals surface area (Å²) in [6.07, 6.45) is 9.07. The van der Waals surface area contributed by atoms with Crippen molar-refractivity contribution in [1.82, 2.24) is 29.3 Å². The molecule has 2 aliphatic rings. The van der Waals surface area contributed by atoms with Gasteiger partial charge in [-0.05, 0) is 51.0 Å².